The second-order valence-corrected chi connectivity index (χ2v) is 2.87. The van der Waals surface area contributed by atoms with Crippen LogP contribution >= 0.6 is 0 Å². The van der Waals surface area contributed by atoms with Gasteiger partial charge in [-0.2, -0.15) is 0 Å². The number of carboxylic acid groups (broad SMARTS) is 1. The number of benzene rings is 1. The average molecular weight is 217 g/mol. The molecule has 0 saturated heterocycles. The summed E-state index contributed by atoms with van der Waals surface area (Å²) in [4.78, 5) is 20.8. The van der Waals surface area contributed by atoms with Gasteiger partial charge in [-0.05, 0) is 5.56 Å². The summed E-state index contributed by atoms with van der Waals surface area (Å²) in [5.41, 5.74) is 0.884. The fourth-order valence-corrected chi connectivity index (χ4v) is 1.15. The largest absolute Gasteiger partial charge is 1.00 e. The maximum Gasteiger partial charge on any atom is 1.00 e. The summed E-state index contributed by atoms with van der Waals surface area (Å²) in [6.45, 7) is 0. The van der Waals surface area contributed by atoms with Gasteiger partial charge < -0.3 is 11.8 Å². The van der Waals surface area contributed by atoms with Crippen LogP contribution in [0.25, 0.3) is 0 Å². The van der Waals surface area contributed by atoms with Gasteiger partial charge in [0.15, 0.2) is 0 Å². The smallest absolute Gasteiger partial charge is 1.00 e. The van der Waals surface area contributed by atoms with Gasteiger partial charge in [-0.1, -0.05) is 30.3 Å². The third-order valence-corrected chi connectivity index (χ3v) is 1.85. The summed E-state index contributed by atoms with van der Waals surface area (Å²) >= 11 is 0. The number of hydrogen-bond acceptors (Lipinski definition) is 2. The molecule has 0 radical (unpaired) electrons. The van der Waals surface area contributed by atoms with Gasteiger partial charge >= 0.3 is 35.5 Å². The Balaban J connectivity index is 0. The molecule has 1 rings (SSSR count). The van der Waals surface area contributed by atoms with Crippen molar-refractivity contribution in [2.45, 2.75) is 12.5 Å². The van der Waals surface area contributed by atoms with Crippen molar-refractivity contribution in [3.8, 4) is 0 Å². The first-order chi connectivity index (χ1) is 6.74. The molecule has 4 nitrogen and oxygen atoms in total. The van der Waals surface area contributed by atoms with Crippen molar-refractivity contribution in [2.24, 2.45) is 0 Å². The monoisotopic (exact) mass is 217 g/mol. The van der Waals surface area contributed by atoms with Gasteiger partial charge in [-0.25, -0.2) is 4.79 Å². The van der Waals surface area contributed by atoms with Crippen LogP contribution in [0.4, 0.5) is 0 Å². The molecule has 0 aliphatic carbocycles. The number of carboxylic acids is 1. The van der Waals surface area contributed by atoms with Gasteiger partial charge in [-0.15, -0.1) is 0 Å². The van der Waals surface area contributed by atoms with Gasteiger partial charge in [0.2, 0.25) is 6.41 Å². The Bertz CT molecular complexity index is 321. The van der Waals surface area contributed by atoms with Crippen LogP contribution in [0, 0.1) is 0 Å². The van der Waals surface area contributed by atoms with Crippen molar-refractivity contribution in [3.05, 3.63) is 35.9 Å². The molecule has 0 unspecified atom stereocenters. The Morgan fingerprint density at radius 3 is 2.53 bits per heavy atom. The van der Waals surface area contributed by atoms with Crippen molar-refractivity contribution in [2.75, 3.05) is 0 Å². The van der Waals surface area contributed by atoms with Gasteiger partial charge in [-0.3, -0.25) is 4.79 Å². The Labute approximate surface area is 111 Å². The molecule has 0 spiro atoms. The summed E-state index contributed by atoms with van der Waals surface area (Å²) in [5, 5.41) is 11.0. The summed E-state index contributed by atoms with van der Waals surface area (Å²) in [5.74, 6) is -1.03. The number of rotatable bonds is 5. The molecular weight excluding hydrogens is 205 g/mol. The van der Waals surface area contributed by atoms with E-state index in [-0.39, 0.29) is 31.0 Å². The van der Waals surface area contributed by atoms with Crippen molar-refractivity contribution < 1.29 is 45.7 Å². The summed E-state index contributed by atoms with van der Waals surface area (Å²) in [6.07, 6.45) is 0.705. The molecule has 1 aromatic rings. The zero-order valence-corrected chi connectivity index (χ0v) is 10.5. The van der Waals surface area contributed by atoms with Crippen LogP contribution in [0.3, 0.4) is 0 Å². The quantitative estimate of drug-likeness (QED) is 0.425. The SMILES string of the molecule is O=CN[C@@H](Cc1ccccc1)C(=O)O.[H-].[Na+]. The number of aliphatic carboxylic acids is 1. The summed E-state index contributed by atoms with van der Waals surface area (Å²) in [6, 6.07) is 8.30. The minimum absolute atomic E-state index is 0. The fourth-order valence-electron chi connectivity index (χ4n) is 1.15. The molecular formula is C10H12NNaO3. The first kappa shape index (κ1) is 14.2. The topological polar surface area (TPSA) is 66.4 Å². The van der Waals surface area contributed by atoms with Gasteiger partial charge in [0.1, 0.15) is 6.04 Å². The molecule has 0 aromatic heterocycles. The first-order valence-electron chi connectivity index (χ1n) is 4.20. The fraction of sp³-hybridized carbons (Fsp3) is 0.200. The summed E-state index contributed by atoms with van der Waals surface area (Å²) in [7, 11) is 0. The van der Waals surface area contributed by atoms with E-state index in [0.29, 0.717) is 12.8 Å². The predicted octanol–water partition coefficient (Wildman–Crippen LogP) is -2.46. The van der Waals surface area contributed by atoms with E-state index in [2.05, 4.69) is 5.32 Å². The minimum Gasteiger partial charge on any atom is -1.00 e. The normalized spacial score (nSPS) is 10.9. The molecule has 76 valence electrons. The number of carbonyl (C=O) groups excluding carboxylic acids is 1. The van der Waals surface area contributed by atoms with E-state index in [1.54, 1.807) is 0 Å². The second kappa shape index (κ2) is 7.45. The Hall–Kier alpha value is -0.840. The van der Waals surface area contributed by atoms with E-state index in [1.807, 2.05) is 30.3 Å². The van der Waals surface area contributed by atoms with E-state index >= 15 is 0 Å². The van der Waals surface area contributed by atoms with Crippen molar-refractivity contribution in [1.29, 1.82) is 0 Å². The zero-order valence-electron chi connectivity index (χ0n) is 9.51. The predicted molar refractivity (Wildman–Crippen MR) is 51.9 cm³/mol. The molecule has 5 heteroatoms. The Morgan fingerprint density at radius 1 is 1.47 bits per heavy atom. The maximum absolute atomic E-state index is 10.7. The average Bonchev–Trinajstić information content (AvgIpc) is 2.18. The van der Waals surface area contributed by atoms with Crippen LogP contribution in [0.1, 0.15) is 6.99 Å². The standard InChI is InChI=1S/C10H11NO3.Na.H/c12-7-11-9(10(13)14)6-8-4-2-1-3-5-8;;/h1-5,7,9H,6H2,(H,11,12)(H,13,14);;/q;+1;-1/t9-;;/m0../s1. The molecule has 2 N–H and O–H groups in total. The van der Waals surface area contributed by atoms with Crippen molar-refractivity contribution in [3.63, 3.8) is 0 Å². The molecule has 0 aliphatic rings. The van der Waals surface area contributed by atoms with E-state index in [0.717, 1.165) is 5.56 Å². The molecule has 0 fully saturated rings. The van der Waals surface area contributed by atoms with Gasteiger partial charge in [0.25, 0.3) is 0 Å². The third-order valence-electron chi connectivity index (χ3n) is 1.85. The third kappa shape index (κ3) is 4.97. The molecule has 0 saturated carbocycles. The number of carbonyl (C=O) groups is 2. The second-order valence-electron chi connectivity index (χ2n) is 2.87. The van der Waals surface area contributed by atoms with E-state index < -0.39 is 12.0 Å². The van der Waals surface area contributed by atoms with Crippen LogP contribution in [0.2, 0.25) is 0 Å². The van der Waals surface area contributed by atoms with Crippen LogP contribution < -0.4 is 34.9 Å². The first-order valence-corrected chi connectivity index (χ1v) is 4.20. The number of hydrogen-bond donors (Lipinski definition) is 2. The molecule has 0 heterocycles. The van der Waals surface area contributed by atoms with Crippen molar-refractivity contribution in [1.82, 2.24) is 5.32 Å². The van der Waals surface area contributed by atoms with E-state index in [9.17, 15) is 9.59 Å². The van der Waals surface area contributed by atoms with Crippen LogP contribution in [0.15, 0.2) is 30.3 Å². The summed E-state index contributed by atoms with van der Waals surface area (Å²) < 4.78 is 0. The van der Waals surface area contributed by atoms with Gasteiger partial charge in [0, 0.05) is 6.42 Å². The molecule has 1 atom stereocenters. The zero-order chi connectivity index (χ0) is 10.4. The molecule has 0 aliphatic heterocycles. The van der Waals surface area contributed by atoms with Gasteiger partial charge in [0.05, 0.1) is 0 Å². The van der Waals surface area contributed by atoms with Crippen LogP contribution in [0.5, 0.6) is 0 Å². The van der Waals surface area contributed by atoms with E-state index in [4.69, 9.17) is 5.11 Å². The maximum atomic E-state index is 10.7. The van der Waals surface area contributed by atoms with Crippen LogP contribution in [-0.4, -0.2) is 23.5 Å². The minimum atomic E-state index is -1.03. The molecule has 15 heavy (non-hydrogen) atoms. The van der Waals surface area contributed by atoms with E-state index in [1.165, 1.54) is 0 Å². The Morgan fingerprint density at radius 2 is 2.07 bits per heavy atom. The Kier molecular flexibility index (Phi) is 7.03. The molecule has 0 bridgehead atoms. The number of amides is 1. The molecule has 1 amide bonds. The van der Waals surface area contributed by atoms with Crippen LogP contribution in [-0.2, 0) is 16.0 Å². The number of nitrogens with one attached hydrogen (secondary N) is 1. The van der Waals surface area contributed by atoms with Crippen molar-refractivity contribution >= 4 is 12.4 Å². The molecule has 1 aromatic carbocycles.